The maximum Gasteiger partial charge on any atom is 0.106 e. The summed E-state index contributed by atoms with van der Waals surface area (Å²) in [7, 11) is 0. The summed E-state index contributed by atoms with van der Waals surface area (Å²) < 4.78 is 0. The van der Waals surface area contributed by atoms with Gasteiger partial charge in [-0.25, -0.2) is 4.98 Å². The first-order valence-electron chi connectivity index (χ1n) is 7.04. The molecule has 19 heavy (non-hydrogen) atoms. The van der Waals surface area contributed by atoms with E-state index in [1.54, 1.807) is 0 Å². The number of nitrogens with one attached hydrogen (secondary N) is 2. The maximum atomic E-state index is 4.53. The number of H-pyrrole nitrogens is 1. The molecule has 1 saturated heterocycles. The summed E-state index contributed by atoms with van der Waals surface area (Å²) in [5.74, 6) is 1.85. The Morgan fingerprint density at radius 1 is 1.21 bits per heavy atom. The second kappa shape index (κ2) is 5.17. The third-order valence-electron chi connectivity index (χ3n) is 3.81. The molecule has 1 aromatic heterocycles. The van der Waals surface area contributed by atoms with Gasteiger partial charge in [-0.2, -0.15) is 0 Å². The van der Waals surface area contributed by atoms with E-state index in [0.717, 1.165) is 36.9 Å². The molecule has 0 radical (unpaired) electrons. The molecule has 0 bridgehead atoms. The van der Waals surface area contributed by atoms with E-state index in [1.807, 2.05) is 6.20 Å². The highest BCUT2D eigenvalue weighted by atomic mass is 14.9. The highest BCUT2D eigenvalue weighted by Crippen LogP contribution is 2.21. The molecule has 3 nitrogen and oxygen atoms in total. The molecule has 1 unspecified atom stereocenters. The highest BCUT2D eigenvalue weighted by molar-refractivity contribution is 5.60. The number of aryl methyl sites for hydroxylation is 2. The van der Waals surface area contributed by atoms with Gasteiger partial charge in [-0.05, 0) is 51.4 Å². The van der Waals surface area contributed by atoms with Crippen LogP contribution < -0.4 is 5.32 Å². The Morgan fingerprint density at radius 2 is 2.00 bits per heavy atom. The summed E-state index contributed by atoms with van der Waals surface area (Å²) in [6.07, 6.45) is 4.28. The second-order valence-electron chi connectivity index (χ2n) is 5.68. The third-order valence-corrected chi connectivity index (χ3v) is 3.81. The van der Waals surface area contributed by atoms with Gasteiger partial charge in [0.2, 0.25) is 0 Å². The van der Waals surface area contributed by atoms with E-state index in [9.17, 15) is 0 Å². The van der Waals surface area contributed by atoms with Crippen LogP contribution in [0.25, 0.3) is 11.3 Å². The van der Waals surface area contributed by atoms with E-state index >= 15 is 0 Å². The molecule has 1 atom stereocenters. The molecule has 2 aromatic rings. The Morgan fingerprint density at radius 3 is 2.68 bits per heavy atom. The van der Waals surface area contributed by atoms with E-state index in [0.29, 0.717) is 0 Å². The SMILES string of the molecule is Cc1cc(C)cc(-c2cnc(CC3CCNC3)[nH]2)c1. The summed E-state index contributed by atoms with van der Waals surface area (Å²) in [5.41, 5.74) is 4.96. The van der Waals surface area contributed by atoms with Gasteiger partial charge in [0.15, 0.2) is 0 Å². The summed E-state index contributed by atoms with van der Waals surface area (Å²) in [6.45, 7) is 6.55. The number of aromatic amines is 1. The molecule has 1 aliphatic rings. The van der Waals surface area contributed by atoms with E-state index in [4.69, 9.17) is 0 Å². The summed E-state index contributed by atoms with van der Waals surface area (Å²) in [5, 5.41) is 3.40. The van der Waals surface area contributed by atoms with E-state index in [-0.39, 0.29) is 0 Å². The Labute approximate surface area is 114 Å². The summed E-state index contributed by atoms with van der Waals surface area (Å²) in [4.78, 5) is 8.00. The molecule has 0 aliphatic carbocycles. The Balaban J connectivity index is 1.79. The zero-order valence-electron chi connectivity index (χ0n) is 11.7. The van der Waals surface area contributed by atoms with Crippen molar-refractivity contribution in [1.82, 2.24) is 15.3 Å². The van der Waals surface area contributed by atoms with E-state index in [1.165, 1.54) is 23.1 Å². The highest BCUT2D eigenvalue weighted by Gasteiger charge is 2.16. The van der Waals surface area contributed by atoms with Crippen LogP contribution in [0.15, 0.2) is 24.4 Å². The normalized spacial score (nSPS) is 18.9. The van der Waals surface area contributed by atoms with Crippen LogP contribution in [0.2, 0.25) is 0 Å². The summed E-state index contributed by atoms with van der Waals surface area (Å²) in [6, 6.07) is 6.62. The molecule has 2 N–H and O–H groups in total. The molecule has 0 saturated carbocycles. The number of benzene rings is 1. The van der Waals surface area contributed by atoms with Crippen LogP contribution in [0.4, 0.5) is 0 Å². The predicted molar refractivity (Wildman–Crippen MR) is 78.2 cm³/mol. The van der Waals surface area contributed by atoms with Crippen LogP contribution in [0, 0.1) is 19.8 Å². The number of nitrogens with zero attached hydrogens (tertiary/aromatic N) is 1. The van der Waals surface area contributed by atoms with Gasteiger partial charge in [-0.3, -0.25) is 0 Å². The van der Waals surface area contributed by atoms with Crippen molar-refractivity contribution in [1.29, 1.82) is 0 Å². The lowest BCUT2D eigenvalue weighted by Crippen LogP contribution is -2.11. The minimum atomic E-state index is 0.734. The molecule has 3 heteroatoms. The van der Waals surface area contributed by atoms with Crippen LogP contribution in [0.1, 0.15) is 23.4 Å². The molecular formula is C16H21N3. The largest absolute Gasteiger partial charge is 0.342 e. The molecular weight excluding hydrogens is 234 g/mol. The van der Waals surface area contributed by atoms with Crippen molar-refractivity contribution >= 4 is 0 Å². The Kier molecular flexibility index (Phi) is 3.38. The molecule has 100 valence electrons. The van der Waals surface area contributed by atoms with Gasteiger partial charge in [0.25, 0.3) is 0 Å². The summed E-state index contributed by atoms with van der Waals surface area (Å²) >= 11 is 0. The van der Waals surface area contributed by atoms with Crippen molar-refractivity contribution in [3.8, 4) is 11.3 Å². The number of hydrogen-bond donors (Lipinski definition) is 2. The molecule has 3 rings (SSSR count). The van der Waals surface area contributed by atoms with Crippen molar-refractivity contribution in [2.45, 2.75) is 26.7 Å². The molecule has 0 spiro atoms. The maximum absolute atomic E-state index is 4.53. The molecule has 1 fully saturated rings. The van der Waals surface area contributed by atoms with Crippen LogP contribution in [0.3, 0.4) is 0 Å². The van der Waals surface area contributed by atoms with Crippen molar-refractivity contribution in [2.24, 2.45) is 5.92 Å². The number of hydrogen-bond acceptors (Lipinski definition) is 2. The average Bonchev–Trinajstić information content (AvgIpc) is 2.99. The fourth-order valence-corrected chi connectivity index (χ4v) is 2.91. The lowest BCUT2D eigenvalue weighted by Gasteiger charge is -2.05. The Hall–Kier alpha value is -1.61. The van der Waals surface area contributed by atoms with E-state index in [2.05, 4.69) is 47.3 Å². The van der Waals surface area contributed by atoms with Gasteiger partial charge in [0.1, 0.15) is 5.82 Å². The molecule has 2 heterocycles. The van der Waals surface area contributed by atoms with Crippen molar-refractivity contribution in [3.63, 3.8) is 0 Å². The van der Waals surface area contributed by atoms with Crippen LogP contribution >= 0.6 is 0 Å². The number of imidazole rings is 1. The first kappa shape index (κ1) is 12.4. The smallest absolute Gasteiger partial charge is 0.106 e. The predicted octanol–water partition coefficient (Wildman–Crippen LogP) is 2.85. The quantitative estimate of drug-likeness (QED) is 0.885. The lowest BCUT2D eigenvalue weighted by molar-refractivity contribution is 0.565. The molecule has 1 aromatic carbocycles. The third kappa shape index (κ3) is 2.87. The van der Waals surface area contributed by atoms with Gasteiger partial charge < -0.3 is 10.3 Å². The minimum absolute atomic E-state index is 0.734. The first-order chi connectivity index (χ1) is 9.20. The average molecular weight is 255 g/mol. The fraction of sp³-hybridized carbons (Fsp3) is 0.438. The zero-order chi connectivity index (χ0) is 13.2. The Bertz CT molecular complexity index is 545. The van der Waals surface area contributed by atoms with Crippen molar-refractivity contribution < 1.29 is 0 Å². The second-order valence-corrected chi connectivity index (χ2v) is 5.68. The molecule has 1 aliphatic heterocycles. The minimum Gasteiger partial charge on any atom is -0.342 e. The monoisotopic (exact) mass is 255 g/mol. The van der Waals surface area contributed by atoms with Crippen LogP contribution in [0.5, 0.6) is 0 Å². The van der Waals surface area contributed by atoms with Gasteiger partial charge in [-0.1, -0.05) is 17.2 Å². The van der Waals surface area contributed by atoms with Gasteiger partial charge in [0.05, 0.1) is 11.9 Å². The van der Waals surface area contributed by atoms with E-state index < -0.39 is 0 Å². The number of rotatable bonds is 3. The van der Waals surface area contributed by atoms with Crippen molar-refractivity contribution in [2.75, 3.05) is 13.1 Å². The lowest BCUT2D eigenvalue weighted by atomic mass is 10.0. The van der Waals surface area contributed by atoms with Crippen LogP contribution in [-0.2, 0) is 6.42 Å². The van der Waals surface area contributed by atoms with Gasteiger partial charge in [0, 0.05) is 12.0 Å². The number of aromatic nitrogens is 2. The van der Waals surface area contributed by atoms with Gasteiger partial charge in [-0.15, -0.1) is 0 Å². The van der Waals surface area contributed by atoms with Crippen molar-refractivity contribution in [3.05, 3.63) is 41.3 Å². The zero-order valence-corrected chi connectivity index (χ0v) is 11.7. The van der Waals surface area contributed by atoms with Crippen LogP contribution in [-0.4, -0.2) is 23.1 Å². The van der Waals surface area contributed by atoms with Gasteiger partial charge >= 0.3 is 0 Å². The standard InChI is InChI=1S/C16H21N3/c1-11-5-12(2)7-14(6-11)15-10-18-16(19-15)8-13-3-4-17-9-13/h5-7,10,13,17H,3-4,8-9H2,1-2H3,(H,18,19). The molecule has 0 amide bonds. The first-order valence-corrected chi connectivity index (χ1v) is 7.04. The topological polar surface area (TPSA) is 40.7 Å². The fourth-order valence-electron chi connectivity index (χ4n) is 2.91.